The standard InChI is InChI=1S/C21H30FNO3/c1-2-3-4-5-6-7-16-26-21(25)18-12-14-23(15-13-18)20(24)17-8-10-19(22)11-9-17/h8-11,18H,2-7,12-16H2,1H3. The summed E-state index contributed by atoms with van der Waals surface area (Å²) >= 11 is 0. The second-order valence-electron chi connectivity index (χ2n) is 7.01. The SMILES string of the molecule is CCCCCCCCOC(=O)C1CCN(C(=O)c2ccc(F)cc2)CC1. The highest BCUT2D eigenvalue weighted by Gasteiger charge is 2.28. The van der Waals surface area contributed by atoms with E-state index in [1.54, 1.807) is 4.90 Å². The van der Waals surface area contributed by atoms with Crippen LogP contribution in [0.4, 0.5) is 4.39 Å². The Kier molecular flexibility index (Phi) is 8.59. The number of carbonyl (C=O) groups is 2. The lowest BCUT2D eigenvalue weighted by atomic mass is 9.96. The molecule has 4 nitrogen and oxygen atoms in total. The van der Waals surface area contributed by atoms with Crippen molar-refractivity contribution in [3.63, 3.8) is 0 Å². The van der Waals surface area contributed by atoms with Gasteiger partial charge in [-0.05, 0) is 43.5 Å². The molecule has 1 aliphatic rings. The molecule has 0 unspecified atom stereocenters. The first-order chi connectivity index (χ1) is 12.6. The van der Waals surface area contributed by atoms with Gasteiger partial charge in [0.2, 0.25) is 0 Å². The van der Waals surface area contributed by atoms with Crippen LogP contribution in [-0.2, 0) is 9.53 Å². The average Bonchev–Trinajstić information content (AvgIpc) is 2.67. The Labute approximate surface area is 155 Å². The zero-order valence-corrected chi connectivity index (χ0v) is 15.7. The van der Waals surface area contributed by atoms with Crippen molar-refractivity contribution in [3.8, 4) is 0 Å². The Balaban J connectivity index is 1.65. The van der Waals surface area contributed by atoms with E-state index in [0.29, 0.717) is 38.1 Å². The molecule has 0 radical (unpaired) electrons. The molecule has 0 aromatic heterocycles. The van der Waals surface area contributed by atoms with Crippen LogP contribution >= 0.6 is 0 Å². The molecule has 0 spiro atoms. The molecule has 0 atom stereocenters. The van der Waals surface area contributed by atoms with E-state index in [1.807, 2.05) is 0 Å². The van der Waals surface area contributed by atoms with Gasteiger partial charge in [-0.25, -0.2) is 4.39 Å². The zero-order valence-electron chi connectivity index (χ0n) is 15.7. The van der Waals surface area contributed by atoms with E-state index in [0.717, 1.165) is 12.8 Å². The molecule has 2 rings (SSSR count). The number of likely N-dealkylation sites (tertiary alicyclic amines) is 1. The molecule has 0 saturated carbocycles. The zero-order chi connectivity index (χ0) is 18.8. The third kappa shape index (κ3) is 6.43. The lowest BCUT2D eigenvalue weighted by Gasteiger charge is -2.31. The van der Waals surface area contributed by atoms with Crippen molar-refractivity contribution in [2.75, 3.05) is 19.7 Å². The van der Waals surface area contributed by atoms with Crippen molar-refractivity contribution in [1.82, 2.24) is 4.90 Å². The molecule has 144 valence electrons. The summed E-state index contributed by atoms with van der Waals surface area (Å²) < 4.78 is 18.4. The first kappa shape index (κ1) is 20.4. The molecule has 5 heteroatoms. The van der Waals surface area contributed by atoms with Crippen molar-refractivity contribution in [2.45, 2.75) is 58.3 Å². The largest absolute Gasteiger partial charge is 0.465 e. The number of rotatable bonds is 9. The molecule has 1 aliphatic heterocycles. The number of benzene rings is 1. The number of halogens is 1. The minimum atomic E-state index is -0.353. The van der Waals surface area contributed by atoms with Gasteiger partial charge in [-0.15, -0.1) is 0 Å². The molecule has 0 N–H and O–H groups in total. The van der Waals surface area contributed by atoms with Gasteiger partial charge in [0, 0.05) is 18.7 Å². The topological polar surface area (TPSA) is 46.6 Å². The Bertz CT molecular complexity index is 565. The predicted molar refractivity (Wildman–Crippen MR) is 99.4 cm³/mol. The van der Waals surface area contributed by atoms with Crippen LogP contribution in [-0.4, -0.2) is 36.5 Å². The minimum absolute atomic E-state index is 0.108. The number of amides is 1. The molecule has 0 aliphatic carbocycles. The summed E-state index contributed by atoms with van der Waals surface area (Å²) in [6.07, 6.45) is 8.26. The van der Waals surface area contributed by atoms with Gasteiger partial charge in [-0.2, -0.15) is 0 Å². The maximum atomic E-state index is 13.0. The smallest absolute Gasteiger partial charge is 0.309 e. The summed E-state index contributed by atoms with van der Waals surface area (Å²) in [5, 5.41) is 0. The van der Waals surface area contributed by atoms with Crippen LogP contribution in [0.5, 0.6) is 0 Å². The van der Waals surface area contributed by atoms with Gasteiger partial charge < -0.3 is 9.64 Å². The van der Waals surface area contributed by atoms with E-state index >= 15 is 0 Å². The van der Waals surface area contributed by atoms with Crippen molar-refractivity contribution in [1.29, 1.82) is 0 Å². The molecule has 1 heterocycles. The number of ether oxygens (including phenoxy) is 1. The van der Waals surface area contributed by atoms with Gasteiger partial charge >= 0.3 is 5.97 Å². The monoisotopic (exact) mass is 363 g/mol. The highest BCUT2D eigenvalue weighted by Crippen LogP contribution is 2.21. The Hall–Kier alpha value is -1.91. The first-order valence-electron chi connectivity index (χ1n) is 9.83. The van der Waals surface area contributed by atoms with Gasteiger partial charge in [-0.1, -0.05) is 39.0 Å². The lowest BCUT2D eigenvalue weighted by Crippen LogP contribution is -2.40. The van der Waals surface area contributed by atoms with Crippen LogP contribution < -0.4 is 0 Å². The molecular formula is C21H30FNO3. The number of esters is 1. The maximum Gasteiger partial charge on any atom is 0.309 e. The van der Waals surface area contributed by atoms with Crippen molar-refractivity contribution in [3.05, 3.63) is 35.6 Å². The first-order valence-corrected chi connectivity index (χ1v) is 9.83. The fraction of sp³-hybridized carbons (Fsp3) is 0.619. The molecule has 1 fully saturated rings. The van der Waals surface area contributed by atoms with Crippen LogP contribution in [0.25, 0.3) is 0 Å². The fourth-order valence-corrected chi connectivity index (χ4v) is 3.27. The van der Waals surface area contributed by atoms with E-state index in [-0.39, 0.29) is 23.6 Å². The van der Waals surface area contributed by atoms with Gasteiger partial charge in [0.25, 0.3) is 5.91 Å². The number of hydrogen-bond donors (Lipinski definition) is 0. The van der Waals surface area contributed by atoms with Crippen LogP contribution in [0.1, 0.15) is 68.6 Å². The van der Waals surface area contributed by atoms with Crippen LogP contribution in [0.2, 0.25) is 0 Å². The molecule has 1 saturated heterocycles. The highest BCUT2D eigenvalue weighted by molar-refractivity contribution is 5.94. The summed E-state index contributed by atoms with van der Waals surface area (Å²) in [7, 11) is 0. The minimum Gasteiger partial charge on any atom is -0.465 e. The Morgan fingerprint density at radius 1 is 1.04 bits per heavy atom. The number of unbranched alkanes of at least 4 members (excludes halogenated alkanes) is 5. The number of nitrogens with zero attached hydrogens (tertiary/aromatic N) is 1. The molecule has 0 bridgehead atoms. The quantitative estimate of drug-likeness (QED) is 0.476. The van der Waals surface area contributed by atoms with Gasteiger partial charge in [0.15, 0.2) is 0 Å². The number of carbonyl (C=O) groups excluding carboxylic acids is 2. The van der Waals surface area contributed by atoms with Crippen LogP contribution in [0, 0.1) is 11.7 Å². The van der Waals surface area contributed by atoms with E-state index in [2.05, 4.69) is 6.92 Å². The summed E-state index contributed by atoms with van der Waals surface area (Å²) in [5.41, 5.74) is 0.482. The van der Waals surface area contributed by atoms with E-state index < -0.39 is 0 Å². The Morgan fingerprint density at radius 2 is 1.65 bits per heavy atom. The molecule has 1 aromatic rings. The third-order valence-electron chi connectivity index (χ3n) is 4.95. The summed E-state index contributed by atoms with van der Waals surface area (Å²) in [4.78, 5) is 26.3. The molecule has 1 aromatic carbocycles. The summed E-state index contributed by atoms with van der Waals surface area (Å²) in [5.74, 6) is -0.711. The average molecular weight is 363 g/mol. The van der Waals surface area contributed by atoms with Crippen LogP contribution in [0.15, 0.2) is 24.3 Å². The maximum absolute atomic E-state index is 13.0. The van der Waals surface area contributed by atoms with Crippen molar-refractivity contribution >= 4 is 11.9 Å². The third-order valence-corrected chi connectivity index (χ3v) is 4.95. The Morgan fingerprint density at radius 3 is 2.31 bits per heavy atom. The molecule has 26 heavy (non-hydrogen) atoms. The lowest BCUT2D eigenvalue weighted by molar-refractivity contribution is -0.150. The second kappa shape index (κ2) is 10.9. The molecular weight excluding hydrogens is 333 g/mol. The number of hydrogen-bond acceptors (Lipinski definition) is 3. The van der Waals surface area contributed by atoms with Crippen molar-refractivity contribution < 1.29 is 18.7 Å². The number of piperidine rings is 1. The summed E-state index contributed by atoms with van der Waals surface area (Å²) in [6, 6.07) is 5.58. The van der Waals surface area contributed by atoms with E-state index in [9.17, 15) is 14.0 Å². The molecule has 1 amide bonds. The van der Waals surface area contributed by atoms with Gasteiger partial charge in [0.1, 0.15) is 5.82 Å². The predicted octanol–water partition coefficient (Wildman–Crippen LogP) is 4.58. The van der Waals surface area contributed by atoms with E-state index in [1.165, 1.54) is 49.9 Å². The van der Waals surface area contributed by atoms with E-state index in [4.69, 9.17) is 4.74 Å². The normalized spacial score (nSPS) is 15.1. The second-order valence-corrected chi connectivity index (χ2v) is 7.01. The summed E-state index contributed by atoms with van der Waals surface area (Å²) in [6.45, 7) is 3.76. The van der Waals surface area contributed by atoms with Gasteiger partial charge in [0.05, 0.1) is 12.5 Å². The van der Waals surface area contributed by atoms with Crippen molar-refractivity contribution in [2.24, 2.45) is 5.92 Å². The van der Waals surface area contributed by atoms with Gasteiger partial charge in [-0.3, -0.25) is 9.59 Å². The fourth-order valence-electron chi connectivity index (χ4n) is 3.27. The highest BCUT2D eigenvalue weighted by atomic mass is 19.1. The van der Waals surface area contributed by atoms with Crippen LogP contribution in [0.3, 0.4) is 0 Å².